The van der Waals surface area contributed by atoms with E-state index in [0.29, 0.717) is 22.4 Å². The highest BCUT2D eigenvalue weighted by atomic mass is 16.1. The molecule has 0 amide bonds. The molecule has 0 spiro atoms. The van der Waals surface area contributed by atoms with Crippen molar-refractivity contribution in [2.24, 2.45) is 5.92 Å². The van der Waals surface area contributed by atoms with E-state index >= 15 is 0 Å². The van der Waals surface area contributed by atoms with Crippen molar-refractivity contribution >= 4 is 17.3 Å². The third-order valence-corrected chi connectivity index (χ3v) is 5.21. The molecule has 4 rings (SSSR count). The van der Waals surface area contributed by atoms with Crippen molar-refractivity contribution in [2.45, 2.75) is 32.1 Å². The summed E-state index contributed by atoms with van der Waals surface area (Å²) in [6.45, 7) is 0. The van der Waals surface area contributed by atoms with E-state index < -0.39 is 0 Å². The molecule has 1 saturated carbocycles. The summed E-state index contributed by atoms with van der Waals surface area (Å²) < 4.78 is 0. The molecule has 0 atom stereocenters. The van der Waals surface area contributed by atoms with Gasteiger partial charge in [-0.3, -0.25) is 9.59 Å². The van der Waals surface area contributed by atoms with E-state index in [1.165, 1.54) is 6.42 Å². The number of Topliss-reactive ketones (excluding diaryl/α,β-unsaturated/α-hetero) is 2. The van der Waals surface area contributed by atoms with Gasteiger partial charge < -0.3 is 5.32 Å². The molecule has 1 fully saturated rings. The predicted octanol–water partition coefficient (Wildman–Crippen LogP) is 5.01. The van der Waals surface area contributed by atoms with Gasteiger partial charge in [0.05, 0.1) is 5.70 Å². The number of benzene rings is 2. The van der Waals surface area contributed by atoms with Gasteiger partial charge in [0.25, 0.3) is 0 Å². The molecule has 25 heavy (non-hydrogen) atoms. The molecule has 3 nitrogen and oxygen atoms in total. The van der Waals surface area contributed by atoms with Gasteiger partial charge in [-0.15, -0.1) is 0 Å². The standard InChI is InChI=1S/C22H21NO2/c24-21-17-13-7-8-14-18(17)22(25)20(23-16-11-5-2-6-12-16)19(21)15-9-3-1-4-10-15/h2,5-8,11-15,23H,1,3-4,9-10H2. The van der Waals surface area contributed by atoms with E-state index in [1.54, 1.807) is 12.1 Å². The van der Waals surface area contributed by atoms with E-state index in [2.05, 4.69) is 5.32 Å². The summed E-state index contributed by atoms with van der Waals surface area (Å²) in [6, 6.07) is 16.8. The molecule has 3 heteroatoms. The van der Waals surface area contributed by atoms with Crippen LogP contribution in [0.2, 0.25) is 0 Å². The fourth-order valence-corrected chi connectivity index (χ4v) is 3.97. The number of hydrogen-bond acceptors (Lipinski definition) is 3. The zero-order valence-electron chi connectivity index (χ0n) is 14.1. The summed E-state index contributed by atoms with van der Waals surface area (Å²) in [6.07, 6.45) is 5.42. The molecular formula is C22H21NO2. The predicted molar refractivity (Wildman–Crippen MR) is 98.8 cm³/mol. The largest absolute Gasteiger partial charge is 0.352 e. The van der Waals surface area contributed by atoms with E-state index in [4.69, 9.17) is 0 Å². The van der Waals surface area contributed by atoms with Crippen molar-refractivity contribution < 1.29 is 9.59 Å². The molecule has 0 bridgehead atoms. The molecule has 2 aromatic rings. The first-order valence-corrected chi connectivity index (χ1v) is 9.00. The number of allylic oxidation sites excluding steroid dienone is 2. The number of nitrogens with one attached hydrogen (secondary N) is 1. The molecule has 0 radical (unpaired) electrons. The Kier molecular flexibility index (Phi) is 4.22. The molecular weight excluding hydrogens is 310 g/mol. The summed E-state index contributed by atoms with van der Waals surface area (Å²) >= 11 is 0. The second-order valence-electron chi connectivity index (χ2n) is 6.82. The van der Waals surface area contributed by atoms with Crippen LogP contribution in [0.1, 0.15) is 52.8 Å². The van der Waals surface area contributed by atoms with Crippen LogP contribution in [0.5, 0.6) is 0 Å². The molecule has 2 aromatic carbocycles. The monoisotopic (exact) mass is 331 g/mol. The number of fused-ring (bicyclic) bond motifs is 1. The van der Waals surface area contributed by atoms with Crippen LogP contribution in [0.3, 0.4) is 0 Å². The fraction of sp³-hybridized carbons (Fsp3) is 0.273. The number of rotatable bonds is 3. The first-order valence-electron chi connectivity index (χ1n) is 9.00. The molecule has 2 aliphatic carbocycles. The highest BCUT2D eigenvalue weighted by Gasteiger charge is 2.36. The summed E-state index contributed by atoms with van der Waals surface area (Å²) in [7, 11) is 0. The number of carbonyl (C=O) groups excluding carboxylic acids is 2. The topological polar surface area (TPSA) is 46.2 Å². The lowest BCUT2D eigenvalue weighted by atomic mass is 9.75. The van der Waals surface area contributed by atoms with Gasteiger partial charge in [-0.2, -0.15) is 0 Å². The van der Waals surface area contributed by atoms with Gasteiger partial charge in [-0.1, -0.05) is 61.7 Å². The number of carbonyl (C=O) groups is 2. The van der Waals surface area contributed by atoms with Crippen LogP contribution in [0.15, 0.2) is 65.9 Å². The molecule has 0 aromatic heterocycles. The van der Waals surface area contributed by atoms with Crippen molar-refractivity contribution in [1.82, 2.24) is 0 Å². The minimum absolute atomic E-state index is 0.0144. The van der Waals surface area contributed by atoms with Crippen molar-refractivity contribution in [3.8, 4) is 0 Å². The lowest BCUT2D eigenvalue weighted by molar-refractivity contribution is 0.0962. The van der Waals surface area contributed by atoms with Gasteiger partial charge in [-0.25, -0.2) is 0 Å². The van der Waals surface area contributed by atoms with Gasteiger partial charge >= 0.3 is 0 Å². The molecule has 0 aliphatic heterocycles. The Labute approximate surface area is 147 Å². The van der Waals surface area contributed by atoms with Crippen LogP contribution < -0.4 is 5.32 Å². The zero-order valence-corrected chi connectivity index (χ0v) is 14.1. The molecule has 126 valence electrons. The fourth-order valence-electron chi connectivity index (χ4n) is 3.97. The SMILES string of the molecule is O=C1C(Nc2ccccc2)=C(C2CCCCC2)C(=O)c2ccccc21. The molecule has 0 unspecified atom stereocenters. The summed E-state index contributed by atoms with van der Waals surface area (Å²) in [5.41, 5.74) is 3.05. The first kappa shape index (κ1) is 15.8. The Morgan fingerprint density at radius 1 is 0.720 bits per heavy atom. The molecule has 2 aliphatic rings. The van der Waals surface area contributed by atoms with Gasteiger partial charge in [0.2, 0.25) is 5.78 Å². The smallest absolute Gasteiger partial charge is 0.210 e. The van der Waals surface area contributed by atoms with Crippen molar-refractivity contribution in [1.29, 1.82) is 0 Å². The van der Waals surface area contributed by atoms with Gasteiger partial charge in [0, 0.05) is 22.4 Å². The van der Waals surface area contributed by atoms with Crippen LogP contribution in [0.25, 0.3) is 0 Å². The summed E-state index contributed by atoms with van der Waals surface area (Å²) in [5.74, 6) is 0.116. The Hall–Kier alpha value is -2.68. The maximum absolute atomic E-state index is 13.2. The second kappa shape index (κ2) is 6.67. The summed E-state index contributed by atoms with van der Waals surface area (Å²) in [4.78, 5) is 26.4. The normalized spacial score (nSPS) is 18.2. The van der Waals surface area contributed by atoms with E-state index in [-0.39, 0.29) is 17.5 Å². The average Bonchev–Trinajstić information content (AvgIpc) is 2.68. The highest BCUT2D eigenvalue weighted by molar-refractivity contribution is 6.27. The van der Waals surface area contributed by atoms with Crippen LogP contribution in [0, 0.1) is 5.92 Å². The number of ketones is 2. The van der Waals surface area contributed by atoms with Crippen molar-refractivity contribution in [3.63, 3.8) is 0 Å². The van der Waals surface area contributed by atoms with E-state index in [9.17, 15) is 9.59 Å². The number of anilines is 1. The Morgan fingerprint density at radius 2 is 1.32 bits per heavy atom. The third kappa shape index (κ3) is 2.91. The zero-order chi connectivity index (χ0) is 17.2. The van der Waals surface area contributed by atoms with Gasteiger partial charge in [-0.05, 0) is 30.9 Å². The highest BCUT2D eigenvalue weighted by Crippen LogP contribution is 2.37. The van der Waals surface area contributed by atoms with E-state index in [1.807, 2.05) is 42.5 Å². The number of hydrogen-bond donors (Lipinski definition) is 1. The van der Waals surface area contributed by atoms with Gasteiger partial charge in [0.15, 0.2) is 5.78 Å². The first-order chi connectivity index (χ1) is 12.3. The van der Waals surface area contributed by atoms with Crippen LogP contribution in [0.4, 0.5) is 5.69 Å². The Bertz CT molecular complexity index is 845. The maximum atomic E-state index is 13.2. The van der Waals surface area contributed by atoms with Crippen LogP contribution >= 0.6 is 0 Å². The summed E-state index contributed by atoms with van der Waals surface area (Å²) in [5, 5.41) is 3.26. The van der Waals surface area contributed by atoms with Crippen molar-refractivity contribution in [3.05, 3.63) is 77.0 Å². The quantitative estimate of drug-likeness (QED) is 0.859. The molecule has 0 saturated heterocycles. The number of para-hydroxylation sites is 1. The minimum atomic E-state index is -0.0698. The molecule has 0 heterocycles. The maximum Gasteiger partial charge on any atom is 0.210 e. The van der Waals surface area contributed by atoms with Crippen molar-refractivity contribution in [2.75, 3.05) is 5.32 Å². The third-order valence-electron chi connectivity index (χ3n) is 5.21. The second-order valence-corrected chi connectivity index (χ2v) is 6.82. The Morgan fingerprint density at radius 3 is 2.00 bits per heavy atom. The lowest BCUT2D eigenvalue weighted by Gasteiger charge is -2.29. The Balaban J connectivity index is 1.82. The minimum Gasteiger partial charge on any atom is -0.352 e. The van der Waals surface area contributed by atoms with E-state index in [0.717, 1.165) is 31.4 Å². The average molecular weight is 331 g/mol. The van der Waals surface area contributed by atoms with Gasteiger partial charge in [0.1, 0.15) is 0 Å². The van der Waals surface area contributed by atoms with Crippen LogP contribution in [-0.2, 0) is 0 Å². The van der Waals surface area contributed by atoms with Crippen LogP contribution in [-0.4, -0.2) is 11.6 Å². The molecule has 1 N–H and O–H groups in total. The lowest BCUT2D eigenvalue weighted by Crippen LogP contribution is -2.30.